The van der Waals surface area contributed by atoms with Crippen LogP contribution in [0.15, 0.2) is 17.8 Å². The highest BCUT2D eigenvalue weighted by Gasteiger charge is 2.21. The Bertz CT molecular complexity index is 574. The molecule has 0 aliphatic heterocycles. The number of amides is 1. The van der Waals surface area contributed by atoms with Crippen molar-refractivity contribution in [1.82, 2.24) is 20.1 Å². The molecule has 0 radical (unpaired) electrons. The molecule has 2 fully saturated rings. The Labute approximate surface area is 155 Å². The van der Waals surface area contributed by atoms with Crippen LogP contribution in [0.2, 0.25) is 0 Å². The molecule has 1 amide bonds. The minimum atomic E-state index is 0.110. The molecule has 138 valence electrons. The highest BCUT2D eigenvalue weighted by atomic mass is 32.2. The number of nitrogens with zero attached hydrogens (tertiary/aromatic N) is 3. The van der Waals surface area contributed by atoms with Gasteiger partial charge in [0, 0.05) is 19.0 Å². The van der Waals surface area contributed by atoms with Gasteiger partial charge in [0.25, 0.3) is 0 Å². The second-order valence-electron chi connectivity index (χ2n) is 7.34. The molecule has 0 bridgehead atoms. The Balaban J connectivity index is 1.56. The molecule has 1 heterocycles. The van der Waals surface area contributed by atoms with Gasteiger partial charge in [0.2, 0.25) is 5.91 Å². The molecule has 2 aliphatic rings. The number of nitrogens with one attached hydrogen (secondary N) is 1. The lowest BCUT2D eigenvalue weighted by atomic mass is 9.87. The minimum Gasteiger partial charge on any atom is -0.353 e. The molecule has 0 spiro atoms. The van der Waals surface area contributed by atoms with Crippen LogP contribution in [0.25, 0.3) is 0 Å². The molecular weight excluding hydrogens is 332 g/mol. The van der Waals surface area contributed by atoms with Gasteiger partial charge in [0.1, 0.15) is 5.82 Å². The molecule has 6 heteroatoms. The number of carbonyl (C=O) groups is 1. The van der Waals surface area contributed by atoms with E-state index in [1.807, 2.05) is 6.08 Å². The van der Waals surface area contributed by atoms with Crippen molar-refractivity contribution in [3.8, 4) is 0 Å². The molecule has 0 saturated heterocycles. The topological polar surface area (TPSA) is 59.8 Å². The third-order valence-electron chi connectivity index (χ3n) is 5.35. The summed E-state index contributed by atoms with van der Waals surface area (Å²) in [5, 5.41) is 12.8. The molecule has 0 aromatic carbocycles. The number of hydrogen-bond donors (Lipinski definition) is 1. The Morgan fingerprint density at radius 3 is 2.60 bits per heavy atom. The maximum Gasteiger partial charge on any atom is 0.230 e. The molecular formula is C19H30N4OS. The SMILES string of the molecule is C=CCn1c(CC2CCCCC2)nnc1SCC(=O)NC1CCCC1. The summed E-state index contributed by atoms with van der Waals surface area (Å²) in [6.07, 6.45) is 14.2. The van der Waals surface area contributed by atoms with Crippen molar-refractivity contribution >= 4 is 17.7 Å². The second kappa shape index (κ2) is 9.41. The molecule has 2 saturated carbocycles. The van der Waals surface area contributed by atoms with E-state index in [0.717, 1.165) is 36.2 Å². The van der Waals surface area contributed by atoms with Crippen LogP contribution >= 0.6 is 11.8 Å². The smallest absolute Gasteiger partial charge is 0.230 e. The molecule has 0 unspecified atom stereocenters. The first kappa shape index (κ1) is 18.5. The van der Waals surface area contributed by atoms with Crippen molar-refractivity contribution in [3.63, 3.8) is 0 Å². The lowest BCUT2D eigenvalue weighted by Crippen LogP contribution is -2.33. The van der Waals surface area contributed by atoms with Gasteiger partial charge in [-0.25, -0.2) is 0 Å². The molecule has 25 heavy (non-hydrogen) atoms. The Morgan fingerprint density at radius 1 is 1.16 bits per heavy atom. The first-order valence-electron chi connectivity index (χ1n) is 9.71. The van der Waals surface area contributed by atoms with Crippen LogP contribution in [0.4, 0.5) is 0 Å². The van der Waals surface area contributed by atoms with Gasteiger partial charge in [-0.3, -0.25) is 4.79 Å². The zero-order chi connectivity index (χ0) is 17.5. The fourth-order valence-electron chi connectivity index (χ4n) is 4.01. The average Bonchev–Trinajstić information content (AvgIpc) is 3.25. The van der Waals surface area contributed by atoms with E-state index >= 15 is 0 Å². The molecule has 0 atom stereocenters. The van der Waals surface area contributed by atoms with E-state index in [0.29, 0.717) is 18.3 Å². The van der Waals surface area contributed by atoms with Crippen LogP contribution in [0.5, 0.6) is 0 Å². The average molecular weight is 363 g/mol. The summed E-state index contributed by atoms with van der Waals surface area (Å²) in [7, 11) is 0. The molecule has 1 N–H and O–H groups in total. The Kier molecular flexibility index (Phi) is 6.96. The zero-order valence-electron chi connectivity index (χ0n) is 15.1. The summed E-state index contributed by atoms with van der Waals surface area (Å²) < 4.78 is 2.13. The van der Waals surface area contributed by atoms with Gasteiger partial charge in [-0.2, -0.15) is 0 Å². The van der Waals surface area contributed by atoms with Crippen molar-refractivity contribution in [3.05, 3.63) is 18.5 Å². The first-order chi connectivity index (χ1) is 12.3. The maximum atomic E-state index is 12.2. The summed E-state index contributed by atoms with van der Waals surface area (Å²) in [5.74, 6) is 2.30. The molecule has 5 nitrogen and oxygen atoms in total. The van der Waals surface area contributed by atoms with Crippen LogP contribution < -0.4 is 5.32 Å². The van der Waals surface area contributed by atoms with E-state index in [4.69, 9.17) is 0 Å². The van der Waals surface area contributed by atoms with Gasteiger partial charge in [0.15, 0.2) is 5.16 Å². The number of thioether (sulfide) groups is 1. The van der Waals surface area contributed by atoms with Gasteiger partial charge in [-0.05, 0) is 18.8 Å². The highest BCUT2D eigenvalue weighted by molar-refractivity contribution is 7.99. The van der Waals surface area contributed by atoms with Crippen molar-refractivity contribution < 1.29 is 4.79 Å². The van der Waals surface area contributed by atoms with E-state index in [2.05, 4.69) is 26.7 Å². The normalized spacial score (nSPS) is 19.2. The Hall–Kier alpha value is -1.30. The summed E-state index contributed by atoms with van der Waals surface area (Å²) in [5.41, 5.74) is 0. The molecule has 2 aliphatic carbocycles. The van der Waals surface area contributed by atoms with Gasteiger partial charge < -0.3 is 9.88 Å². The number of carbonyl (C=O) groups excluding carboxylic acids is 1. The molecule has 1 aromatic rings. The number of hydrogen-bond acceptors (Lipinski definition) is 4. The van der Waals surface area contributed by atoms with Crippen molar-refractivity contribution in [2.45, 2.75) is 82.0 Å². The van der Waals surface area contributed by atoms with Crippen molar-refractivity contribution in [1.29, 1.82) is 0 Å². The summed E-state index contributed by atoms with van der Waals surface area (Å²) >= 11 is 1.49. The molecule has 1 aromatic heterocycles. The maximum absolute atomic E-state index is 12.2. The fraction of sp³-hybridized carbons (Fsp3) is 0.737. The first-order valence-corrected chi connectivity index (χ1v) is 10.7. The zero-order valence-corrected chi connectivity index (χ0v) is 15.9. The van der Waals surface area contributed by atoms with Gasteiger partial charge in [-0.1, -0.05) is 62.8 Å². The number of aromatic nitrogens is 3. The largest absolute Gasteiger partial charge is 0.353 e. The third kappa shape index (κ3) is 5.33. The van der Waals surface area contributed by atoms with Gasteiger partial charge >= 0.3 is 0 Å². The minimum absolute atomic E-state index is 0.110. The van der Waals surface area contributed by atoms with E-state index in [1.165, 1.54) is 56.7 Å². The third-order valence-corrected chi connectivity index (χ3v) is 6.32. The van der Waals surface area contributed by atoms with Crippen LogP contribution in [-0.4, -0.2) is 32.5 Å². The van der Waals surface area contributed by atoms with E-state index in [1.54, 1.807) is 0 Å². The van der Waals surface area contributed by atoms with E-state index in [9.17, 15) is 4.79 Å². The molecule has 3 rings (SSSR count). The van der Waals surface area contributed by atoms with Crippen LogP contribution in [-0.2, 0) is 17.8 Å². The number of rotatable bonds is 8. The van der Waals surface area contributed by atoms with Crippen molar-refractivity contribution in [2.24, 2.45) is 5.92 Å². The van der Waals surface area contributed by atoms with E-state index in [-0.39, 0.29) is 5.91 Å². The lowest BCUT2D eigenvalue weighted by molar-refractivity contribution is -0.119. The lowest BCUT2D eigenvalue weighted by Gasteiger charge is -2.21. The van der Waals surface area contributed by atoms with Crippen molar-refractivity contribution in [2.75, 3.05) is 5.75 Å². The van der Waals surface area contributed by atoms with Crippen LogP contribution in [0.1, 0.15) is 63.6 Å². The highest BCUT2D eigenvalue weighted by Crippen LogP contribution is 2.27. The van der Waals surface area contributed by atoms with Crippen LogP contribution in [0, 0.1) is 5.92 Å². The van der Waals surface area contributed by atoms with E-state index < -0.39 is 0 Å². The van der Waals surface area contributed by atoms with Gasteiger partial charge in [-0.15, -0.1) is 16.8 Å². The van der Waals surface area contributed by atoms with Crippen LogP contribution in [0.3, 0.4) is 0 Å². The predicted molar refractivity (Wildman–Crippen MR) is 102 cm³/mol. The predicted octanol–water partition coefficient (Wildman–Crippen LogP) is 3.74. The summed E-state index contributed by atoms with van der Waals surface area (Å²) in [6, 6.07) is 0.376. The Morgan fingerprint density at radius 2 is 1.88 bits per heavy atom. The standard InChI is InChI=1S/C19H30N4OS/c1-2-12-23-17(13-15-8-4-3-5-9-15)21-22-19(23)25-14-18(24)20-16-10-6-7-11-16/h2,15-16H,1,3-14H2,(H,20,24). The second-order valence-corrected chi connectivity index (χ2v) is 8.29. The summed E-state index contributed by atoms with van der Waals surface area (Å²) in [6.45, 7) is 4.57. The number of allylic oxidation sites excluding steroid dienone is 1. The van der Waals surface area contributed by atoms with Gasteiger partial charge in [0.05, 0.1) is 5.75 Å². The summed E-state index contributed by atoms with van der Waals surface area (Å²) in [4.78, 5) is 12.2. The monoisotopic (exact) mass is 362 g/mol. The quantitative estimate of drug-likeness (QED) is 0.565. The fourth-order valence-corrected chi connectivity index (χ4v) is 4.79.